The minimum absolute atomic E-state index is 0.478. The molecule has 21 heavy (non-hydrogen) atoms. The van der Waals surface area contributed by atoms with Crippen LogP contribution < -0.4 is 0 Å². The number of halogens is 1. The molecule has 0 spiro atoms. The van der Waals surface area contributed by atoms with Crippen LogP contribution in [0.25, 0.3) is 10.9 Å². The van der Waals surface area contributed by atoms with Crippen LogP contribution >= 0.6 is 11.6 Å². The molecule has 0 atom stereocenters. The van der Waals surface area contributed by atoms with E-state index in [0.29, 0.717) is 5.92 Å². The van der Waals surface area contributed by atoms with Gasteiger partial charge in [-0.15, -0.1) is 0 Å². The highest BCUT2D eigenvalue weighted by atomic mass is 35.5. The minimum Gasteiger partial charge on any atom is -0.343 e. The fourth-order valence-electron chi connectivity index (χ4n) is 2.79. The molecule has 2 aromatic heterocycles. The van der Waals surface area contributed by atoms with Gasteiger partial charge in [-0.05, 0) is 54.3 Å². The van der Waals surface area contributed by atoms with Crippen LogP contribution in [0.15, 0.2) is 42.7 Å². The van der Waals surface area contributed by atoms with E-state index in [1.807, 2.05) is 19.2 Å². The predicted molar refractivity (Wildman–Crippen MR) is 89.1 cm³/mol. The van der Waals surface area contributed by atoms with Crippen LogP contribution in [0.4, 0.5) is 0 Å². The fraction of sp³-hybridized carbons (Fsp3) is 0.278. The molecule has 3 rings (SSSR count). The molecule has 3 heteroatoms. The van der Waals surface area contributed by atoms with Crippen LogP contribution in [0.1, 0.15) is 36.6 Å². The van der Waals surface area contributed by atoms with Gasteiger partial charge in [0, 0.05) is 40.6 Å². The Morgan fingerprint density at radius 1 is 1.19 bits per heavy atom. The molecule has 0 saturated heterocycles. The van der Waals surface area contributed by atoms with Gasteiger partial charge in [-0.2, -0.15) is 0 Å². The van der Waals surface area contributed by atoms with E-state index in [1.165, 1.54) is 22.0 Å². The zero-order valence-electron chi connectivity index (χ0n) is 12.6. The van der Waals surface area contributed by atoms with Crippen molar-refractivity contribution in [1.82, 2.24) is 9.55 Å². The van der Waals surface area contributed by atoms with Gasteiger partial charge in [-0.25, -0.2) is 0 Å². The molecule has 0 aliphatic carbocycles. The topological polar surface area (TPSA) is 17.8 Å². The quantitative estimate of drug-likeness (QED) is 0.652. The van der Waals surface area contributed by atoms with Gasteiger partial charge in [-0.1, -0.05) is 25.4 Å². The number of nitrogens with zero attached hydrogens (tertiary/aromatic N) is 2. The lowest BCUT2D eigenvalue weighted by Gasteiger charge is -2.06. The third-order valence-corrected chi connectivity index (χ3v) is 4.05. The highest BCUT2D eigenvalue weighted by Crippen LogP contribution is 2.30. The summed E-state index contributed by atoms with van der Waals surface area (Å²) < 4.78 is 2.30. The Labute approximate surface area is 130 Å². The number of aryl methyl sites for hydroxylation is 1. The van der Waals surface area contributed by atoms with Gasteiger partial charge in [0.15, 0.2) is 0 Å². The van der Waals surface area contributed by atoms with Crippen molar-refractivity contribution in [2.75, 3.05) is 0 Å². The zero-order chi connectivity index (χ0) is 15.0. The standard InChI is InChI=1S/C18H19ClN2/c1-12(2)17-11-21(10-14-6-7-20-13(3)8-14)18-5-4-15(19)9-16(17)18/h4-9,11-12H,10H2,1-3H3. The molecule has 2 nitrogen and oxygen atoms in total. The lowest BCUT2D eigenvalue weighted by atomic mass is 10.0. The first-order valence-electron chi connectivity index (χ1n) is 7.24. The Morgan fingerprint density at radius 2 is 2.00 bits per heavy atom. The van der Waals surface area contributed by atoms with Crippen molar-refractivity contribution >= 4 is 22.5 Å². The molecular formula is C18H19ClN2. The largest absolute Gasteiger partial charge is 0.343 e. The van der Waals surface area contributed by atoms with E-state index in [9.17, 15) is 0 Å². The number of rotatable bonds is 3. The second kappa shape index (κ2) is 5.53. The average Bonchev–Trinajstić information content (AvgIpc) is 2.77. The molecule has 0 unspecified atom stereocenters. The van der Waals surface area contributed by atoms with Crippen molar-refractivity contribution in [2.45, 2.75) is 33.2 Å². The Bertz CT molecular complexity index is 787. The van der Waals surface area contributed by atoms with Crippen LogP contribution in [-0.2, 0) is 6.54 Å². The average molecular weight is 299 g/mol. The molecule has 3 aromatic rings. The van der Waals surface area contributed by atoms with Gasteiger partial charge in [0.25, 0.3) is 0 Å². The summed E-state index contributed by atoms with van der Waals surface area (Å²) in [7, 11) is 0. The van der Waals surface area contributed by atoms with Crippen molar-refractivity contribution in [3.8, 4) is 0 Å². The maximum Gasteiger partial charge on any atom is 0.0487 e. The summed E-state index contributed by atoms with van der Waals surface area (Å²) in [4.78, 5) is 4.26. The molecule has 0 fully saturated rings. The number of aromatic nitrogens is 2. The van der Waals surface area contributed by atoms with Crippen LogP contribution in [0, 0.1) is 6.92 Å². The van der Waals surface area contributed by atoms with E-state index in [-0.39, 0.29) is 0 Å². The molecule has 1 aromatic carbocycles. The Balaban J connectivity index is 2.10. The van der Waals surface area contributed by atoms with Crippen molar-refractivity contribution in [2.24, 2.45) is 0 Å². The number of pyridine rings is 1. The van der Waals surface area contributed by atoms with Gasteiger partial charge in [0.05, 0.1) is 0 Å². The van der Waals surface area contributed by atoms with Crippen molar-refractivity contribution in [1.29, 1.82) is 0 Å². The first-order chi connectivity index (χ1) is 10.0. The maximum atomic E-state index is 6.17. The summed E-state index contributed by atoms with van der Waals surface area (Å²) in [6.07, 6.45) is 4.12. The monoisotopic (exact) mass is 298 g/mol. The van der Waals surface area contributed by atoms with E-state index in [1.54, 1.807) is 0 Å². The fourth-order valence-corrected chi connectivity index (χ4v) is 2.96. The van der Waals surface area contributed by atoms with Gasteiger partial charge in [-0.3, -0.25) is 4.98 Å². The third-order valence-electron chi connectivity index (χ3n) is 3.81. The molecule has 0 saturated carbocycles. The van der Waals surface area contributed by atoms with E-state index < -0.39 is 0 Å². The Morgan fingerprint density at radius 3 is 2.71 bits per heavy atom. The molecule has 2 heterocycles. The van der Waals surface area contributed by atoms with Crippen LogP contribution in [-0.4, -0.2) is 9.55 Å². The SMILES string of the molecule is Cc1cc(Cn2cc(C(C)C)c3cc(Cl)ccc32)ccn1. The van der Waals surface area contributed by atoms with Gasteiger partial charge >= 0.3 is 0 Å². The molecule has 108 valence electrons. The first kappa shape index (κ1) is 14.2. The summed E-state index contributed by atoms with van der Waals surface area (Å²) >= 11 is 6.17. The second-order valence-electron chi connectivity index (χ2n) is 5.83. The minimum atomic E-state index is 0.478. The van der Waals surface area contributed by atoms with Crippen molar-refractivity contribution < 1.29 is 0 Å². The third kappa shape index (κ3) is 2.81. The summed E-state index contributed by atoms with van der Waals surface area (Å²) in [5, 5.41) is 2.05. The molecule has 0 amide bonds. The molecule has 0 aliphatic heterocycles. The van der Waals surface area contributed by atoms with E-state index in [2.05, 4.69) is 53.9 Å². The second-order valence-corrected chi connectivity index (χ2v) is 6.27. The van der Waals surface area contributed by atoms with Gasteiger partial charge in [0.2, 0.25) is 0 Å². The lowest BCUT2D eigenvalue weighted by Crippen LogP contribution is -1.98. The highest BCUT2D eigenvalue weighted by molar-refractivity contribution is 6.31. The number of hydrogen-bond donors (Lipinski definition) is 0. The lowest BCUT2D eigenvalue weighted by molar-refractivity contribution is 0.807. The molecule has 0 aliphatic rings. The molecule has 0 radical (unpaired) electrons. The van der Waals surface area contributed by atoms with E-state index in [0.717, 1.165) is 17.3 Å². The van der Waals surface area contributed by atoms with Crippen LogP contribution in [0.2, 0.25) is 5.02 Å². The maximum absolute atomic E-state index is 6.17. The molecule has 0 N–H and O–H groups in total. The Kier molecular flexibility index (Phi) is 3.73. The first-order valence-corrected chi connectivity index (χ1v) is 7.62. The summed E-state index contributed by atoms with van der Waals surface area (Å²) in [6, 6.07) is 10.3. The number of benzene rings is 1. The van der Waals surface area contributed by atoms with Crippen molar-refractivity contribution in [3.63, 3.8) is 0 Å². The summed E-state index contributed by atoms with van der Waals surface area (Å²) in [5.41, 5.74) is 4.90. The van der Waals surface area contributed by atoms with Crippen LogP contribution in [0.5, 0.6) is 0 Å². The van der Waals surface area contributed by atoms with Crippen molar-refractivity contribution in [3.05, 3.63) is 64.6 Å². The van der Waals surface area contributed by atoms with E-state index >= 15 is 0 Å². The Hall–Kier alpha value is -1.80. The van der Waals surface area contributed by atoms with E-state index in [4.69, 9.17) is 11.6 Å². The number of hydrogen-bond acceptors (Lipinski definition) is 1. The number of fused-ring (bicyclic) bond motifs is 1. The summed E-state index contributed by atoms with van der Waals surface area (Å²) in [6.45, 7) is 7.32. The van der Waals surface area contributed by atoms with Gasteiger partial charge < -0.3 is 4.57 Å². The molecule has 0 bridgehead atoms. The smallest absolute Gasteiger partial charge is 0.0487 e. The normalized spacial score (nSPS) is 11.5. The predicted octanol–water partition coefficient (Wildman–Crippen LogP) is 5.17. The highest BCUT2D eigenvalue weighted by Gasteiger charge is 2.12. The van der Waals surface area contributed by atoms with Crippen LogP contribution in [0.3, 0.4) is 0 Å². The summed E-state index contributed by atoms with van der Waals surface area (Å²) in [5.74, 6) is 0.478. The molecular weight excluding hydrogens is 280 g/mol. The zero-order valence-corrected chi connectivity index (χ0v) is 13.4. The van der Waals surface area contributed by atoms with Gasteiger partial charge in [0.1, 0.15) is 0 Å².